The molecule has 102 valence electrons. The number of nitrogens with zero attached hydrogens (tertiary/aromatic N) is 2. The van der Waals surface area contributed by atoms with Gasteiger partial charge in [-0.25, -0.2) is 4.98 Å². The Morgan fingerprint density at radius 3 is 2.75 bits per heavy atom. The topological polar surface area (TPSA) is 84.0 Å². The van der Waals surface area contributed by atoms with Crippen LogP contribution in [0.25, 0.3) is 0 Å². The molecule has 0 saturated carbocycles. The molecule has 0 radical (unpaired) electrons. The van der Waals surface area contributed by atoms with E-state index in [0.717, 1.165) is 19.3 Å². The number of hydrogen-bond donors (Lipinski definition) is 2. The quantitative estimate of drug-likeness (QED) is 0.811. The van der Waals surface area contributed by atoms with Crippen LogP contribution >= 0.6 is 11.3 Å². The molecular formula is C13H12N4O2S. The summed E-state index contributed by atoms with van der Waals surface area (Å²) in [6.45, 7) is 0. The minimum atomic E-state index is -0.490. The number of thiophene rings is 1. The van der Waals surface area contributed by atoms with Gasteiger partial charge < -0.3 is 0 Å². The minimum absolute atomic E-state index is 0.154. The van der Waals surface area contributed by atoms with Crippen LogP contribution in [0.3, 0.4) is 0 Å². The zero-order valence-electron chi connectivity index (χ0n) is 10.5. The maximum atomic E-state index is 11.9. The molecule has 1 aliphatic rings. The Hall–Kier alpha value is -2.28. The number of hydrazine groups is 1. The fourth-order valence-corrected chi connectivity index (χ4v) is 3.25. The number of carbonyl (C=O) groups excluding carboxylic acids is 2. The van der Waals surface area contributed by atoms with Crippen LogP contribution < -0.4 is 10.9 Å². The normalized spacial score (nSPS) is 12.8. The number of carbonyl (C=O) groups is 2. The lowest BCUT2D eigenvalue weighted by Gasteiger charge is -2.05. The predicted molar refractivity (Wildman–Crippen MR) is 73.3 cm³/mol. The van der Waals surface area contributed by atoms with Crippen LogP contribution in [-0.2, 0) is 12.8 Å². The van der Waals surface area contributed by atoms with Crippen molar-refractivity contribution in [2.45, 2.75) is 19.3 Å². The van der Waals surface area contributed by atoms with Gasteiger partial charge in [0.25, 0.3) is 11.8 Å². The molecule has 7 heteroatoms. The number of aromatic nitrogens is 2. The van der Waals surface area contributed by atoms with E-state index < -0.39 is 5.91 Å². The lowest BCUT2D eigenvalue weighted by molar-refractivity contribution is 0.0846. The molecule has 2 N–H and O–H groups in total. The second-order valence-corrected chi connectivity index (χ2v) is 5.55. The molecule has 2 amide bonds. The van der Waals surface area contributed by atoms with Gasteiger partial charge in [-0.1, -0.05) is 0 Å². The van der Waals surface area contributed by atoms with Crippen molar-refractivity contribution < 1.29 is 9.59 Å². The maximum absolute atomic E-state index is 11.9. The summed E-state index contributed by atoms with van der Waals surface area (Å²) in [6, 6.07) is 1.90. The average molecular weight is 288 g/mol. The molecule has 0 aliphatic heterocycles. The van der Waals surface area contributed by atoms with Gasteiger partial charge in [-0.05, 0) is 30.9 Å². The number of rotatable bonds is 2. The molecule has 1 aliphatic carbocycles. The number of nitrogens with one attached hydrogen (secondary N) is 2. The predicted octanol–water partition coefficient (Wildman–Crippen LogP) is 1.10. The van der Waals surface area contributed by atoms with Crippen molar-refractivity contribution in [1.29, 1.82) is 0 Å². The van der Waals surface area contributed by atoms with Crippen LogP contribution in [-0.4, -0.2) is 21.8 Å². The lowest BCUT2D eigenvalue weighted by atomic mass is 10.2. The summed E-state index contributed by atoms with van der Waals surface area (Å²) in [7, 11) is 0. The van der Waals surface area contributed by atoms with Gasteiger partial charge in [0, 0.05) is 17.3 Å². The monoisotopic (exact) mass is 288 g/mol. The van der Waals surface area contributed by atoms with Crippen molar-refractivity contribution in [2.24, 2.45) is 0 Å². The van der Waals surface area contributed by atoms with Crippen molar-refractivity contribution in [3.05, 3.63) is 45.7 Å². The highest BCUT2D eigenvalue weighted by Crippen LogP contribution is 2.30. The van der Waals surface area contributed by atoms with Crippen molar-refractivity contribution in [1.82, 2.24) is 20.8 Å². The van der Waals surface area contributed by atoms with Gasteiger partial charge in [-0.2, -0.15) is 0 Å². The average Bonchev–Trinajstić information content (AvgIpc) is 3.06. The third kappa shape index (κ3) is 2.53. The Balaban J connectivity index is 1.60. The zero-order valence-corrected chi connectivity index (χ0v) is 11.4. The van der Waals surface area contributed by atoms with Crippen molar-refractivity contribution in [2.75, 3.05) is 0 Å². The summed E-state index contributed by atoms with van der Waals surface area (Å²) < 4.78 is 0. The molecule has 20 heavy (non-hydrogen) atoms. The van der Waals surface area contributed by atoms with Crippen molar-refractivity contribution in [3.63, 3.8) is 0 Å². The highest BCUT2D eigenvalue weighted by atomic mass is 32.1. The van der Waals surface area contributed by atoms with Gasteiger partial charge in [-0.15, -0.1) is 11.3 Å². The van der Waals surface area contributed by atoms with E-state index in [4.69, 9.17) is 0 Å². The van der Waals surface area contributed by atoms with Crippen LogP contribution in [0.15, 0.2) is 24.7 Å². The standard InChI is InChI=1S/C13H12N4O2S/c18-12(9-7-14-4-5-15-9)16-17-13(19)11-6-8-2-1-3-10(8)20-11/h4-7H,1-3H2,(H,16,18)(H,17,19). The summed E-state index contributed by atoms with van der Waals surface area (Å²) >= 11 is 1.49. The third-order valence-corrected chi connectivity index (χ3v) is 4.29. The molecule has 2 aromatic rings. The fourth-order valence-electron chi connectivity index (χ4n) is 2.10. The van der Waals surface area contributed by atoms with Crippen LogP contribution in [0.1, 0.15) is 37.0 Å². The molecule has 0 bridgehead atoms. The molecule has 0 saturated heterocycles. The summed E-state index contributed by atoms with van der Waals surface area (Å²) in [6.07, 6.45) is 7.46. The van der Waals surface area contributed by atoms with Gasteiger partial charge in [0.05, 0.1) is 11.1 Å². The smallest absolute Gasteiger partial charge is 0.266 e. The van der Waals surface area contributed by atoms with Crippen LogP contribution in [0, 0.1) is 0 Å². The van der Waals surface area contributed by atoms with E-state index in [1.165, 1.54) is 40.4 Å². The second-order valence-electron chi connectivity index (χ2n) is 4.41. The van der Waals surface area contributed by atoms with Crippen molar-refractivity contribution >= 4 is 23.2 Å². The van der Waals surface area contributed by atoms with E-state index in [0.29, 0.717) is 4.88 Å². The first kappa shape index (κ1) is 12.7. The van der Waals surface area contributed by atoms with E-state index >= 15 is 0 Å². The molecule has 0 aromatic carbocycles. The Morgan fingerprint density at radius 1 is 1.15 bits per heavy atom. The number of aryl methyl sites for hydroxylation is 2. The van der Waals surface area contributed by atoms with E-state index in [9.17, 15) is 9.59 Å². The molecule has 2 heterocycles. The molecule has 0 atom stereocenters. The number of amides is 2. The molecule has 3 rings (SSSR count). The van der Waals surface area contributed by atoms with Gasteiger partial charge >= 0.3 is 0 Å². The van der Waals surface area contributed by atoms with Crippen LogP contribution in [0.4, 0.5) is 0 Å². The molecule has 0 fully saturated rings. The summed E-state index contributed by atoms with van der Waals surface area (Å²) in [5.74, 6) is -0.794. The zero-order chi connectivity index (χ0) is 13.9. The Morgan fingerprint density at radius 2 is 2.00 bits per heavy atom. The Bertz CT molecular complexity index is 632. The van der Waals surface area contributed by atoms with E-state index in [-0.39, 0.29) is 11.6 Å². The first-order valence-electron chi connectivity index (χ1n) is 6.22. The van der Waals surface area contributed by atoms with Crippen LogP contribution in [0.5, 0.6) is 0 Å². The molecule has 0 unspecified atom stereocenters. The first-order chi connectivity index (χ1) is 9.74. The summed E-state index contributed by atoms with van der Waals surface area (Å²) in [5, 5.41) is 0. The van der Waals surface area contributed by atoms with E-state index in [1.54, 1.807) is 0 Å². The van der Waals surface area contributed by atoms with E-state index in [2.05, 4.69) is 20.8 Å². The minimum Gasteiger partial charge on any atom is -0.266 e. The Kier molecular flexibility index (Phi) is 3.42. The maximum Gasteiger partial charge on any atom is 0.289 e. The molecule has 0 spiro atoms. The van der Waals surface area contributed by atoms with Gasteiger partial charge in [-0.3, -0.25) is 25.4 Å². The highest BCUT2D eigenvalue weighted by Gasteiger charge is 2.18. The number of hydrogen-bond acceptors (Lipinski definition) is 5. The SMILES string of the molecule is O=C(NNC(=O)c1cc2c(s1)CCC2)c1cnccn1. The third-order valence-electron chi connectivity index (χ3n) is 3.06. The summed E-state index contributed by atoms with van der Waals surface area (Å²) in [4.78, 5) is 33.2. The first-order valence-corrected chi connectivity index (χ1v) is 7.04. The van der Waals surface area contributed by atoms with Gasteiger partial charge in [0.1, 0.15) is 5.69 Å². The summed E-state index contributed by atoms with van der Waals surface area (Å²) in [5.41, 5.74) is 6.12. The van der Waals surface area contributed by atoms with Crippen LogP contribution in [0.2, 0.25) is 0 Å². The Labute approximate surface area is 119 Å². The van der Waals surface area contributed by atoms with E-state index in [1.807, 2.05) is 6.07 Å². The fraction of sp³-hybridized carbons (Fsp3) is 0.231. The number of fused-ring (bicyclic) bond motifs is 1. The largest absolute Gasteiger partial charge is 0.289 e. The van der Waals surface area contributed by atoms with Crippen molar-refractivity contribution in [3.8, 4) is 0 Å². The highest BCUT2D eigenvalue weighted by molar-refractivity contribution is 7.14. The molecular weight excluding hydrogens is 276 g/mol. The van der Waals surface area contributed by atoms with Gasteiger partial charge in [0.2, 0.25) is 0 Å². The molecule has 2 aromatic heterocycles. The second kappa shape index (κ2) is 5.38. The lowest BCUT2D eigenvalue weighted by Crippen LogP contribution is -2.41. The van der Waals surface area contributed by atoms with Gasteiger partial charge in [0.15, 0.2) is 0 Å². The molecule has 6 nitrogen and oxygen atoms in total.